The molecule has 0 aromatic heterocycles. The van der Waals surface area contributed by atoms with Gasteiger partial charge in [0, 0.05) is 17.7 Å². The lowest BCUT2D eigenvalue weighted by atomic mass is 10.1. The fraction of sp³-hybridized carbons (Fsp3) is 0.455. The van der Waals surface area contributed by atoms with Crippen molar-refractivity contribution in [3.8, 4) is 5.75 Å². The van der Waals surface area contributed by atoms with Crippen molar-refractivity contribution in [1.29, 1.82) is 0 Å². The number of aliphatic hydroxyl groups excluding tert-OH is 2. The number of hydrogen-bond donors (Lipinski definition) is 2. The number of aliphatic hydroxyl groups is 2. The zero-order valence-electron chi connectivity index (χ0n) is 9.66. The van der Waals surface area contributed by atoms with Crippen LogP contribution in [0.5, 0.6) is 5.75 Å². The summed E-state index contributed by atoms with van der Waals surface area (Å²) in [6.07, 6.45) is -1.52. The van der Waals surface area contributed by atoms with Gasteiger partial charge >= 0.3 is 0 Å². The van der Waals surface area contributed by atoms with Crippen molar-refractivity contribution in [1.82, 2.24) is 0 Å². The lowest BCUT2D eigenvalue weighted by Gasteiger charge is -2.14. The molecule has 0 spiro atoms. The van der Waals surface area contributed by atoms with Crippen molar-refractivity contribution < 1.29 is 19.9 Å². The third kappa shape index (κ3) is 3.69. The van der Waals surface area contributed by atoms with Gasteiger partial charge in [-0.25, -0.2) is 0 Å². The smallest absolute Gasteiger partial charge is 0.270 e. The van der Waals surface area contributed by atoms with Crippen molar-refractivity contribution in [2.75, 3.05) is 6.61 Å². The van der Waals surface area contributed by atoms with E-state index in [1.165, 1.54) is 25.1 Å². The molecule has 0 saturated carbocycles. The van der Waals surface area contributed by atoms with Gasteiger partial charge in [-0.3, -0.25) is 10.1 Å². The van der Waals surface area contributed by atoms with Crippen LogP contribution in [0, 0.1) is 10.1 Å². The Bertz CT molecular complexity index is 403. The number of nitrogens with zero attached hydrogens (tertiary/aromatic N) is 1. The fourth-order valence-electron chi connectivity index (χ4n) is 1.32. The number of benzene rings is 1. The van der Waals surface area contributed by atoms with E-state index in [-0.39, 0.29) is 12.3 Å². The molecule has 0 aliphatic rings. The van der Waals surface area contributed by atoms with Crippen LogP contribution < -0.4 is 4.74 Å². The summed E-state index contributed by atoms with van der Waals surface area (Å²) in [5.41, 5.74) is 0.227. The molecule has 0 aliphatic carbocycles. The first-order chi connectivity index (χ1) is 7.91. The molecule has 2 atom stereocenters. The zero-order chi connectivity index (χ0) is 13.0. The van der Waals surface area contributed by atoms with Gasteiger partial charge in [-0.05, 0) is 19.9 Å². The van der Waals surface area contributed by atoms with E-state index in [0.717, 1.165) is 0 Å². The Labute approximate surface area is 98.6 Å². The number of nitro groups is 1. The first-order valence-electron chi connectivity index (χ1n) is 5.19. The van der Waals surface area contributed by atoms with Gasteiger partial charge in [0.05, 0.1) is 17.1 Å². The monoisotopic (exact) mass is 241 g/mol. The molecule has 0 fully saturated rings. The van der Waals surface area contributed by atoms with Crippen LogP contribution in [0.1, 0.15) is 25.5 Å². The van der Waals surface area contributed by atoms with Crippen LogP contribution in [-0.4, -0.2) is 27.8 Å². The molecule has 17 heavy (non-hydrogen) atoms. The minimum absolute atomic E-state index is 0.0670. The van der Waals surface area contributed by atoms with Gasteiger partial charge in [0.2, 0.25) is 0 Å². The van der Waals surface area contributed by atoms with Gasteiger partial charge in [0.1, 0.15) is 12.4 Å². The van der Waals surface area contributed by atoms with Crippen molar-refractivity contribution >= 4 is 5.69 Å². The predicted octanol–water partition coefficient (Wildman–Crippen LogP) is 1.41. The van der Waals surface area contributed by atoms with Gasteiger partial charge in [-0.2, -0.15) is 0 Å². The second-order valence-electron chi connectivity index (χ2n) is 3.82. The Balaban J connectivity index is 3.00. The number of hydrogen-bond acceptors (Lipinski definition) is 5. The average Bonchev–Trinajstić information content (AvgIpc) is 2.25. The molecule has 2 N–H and O–H groups in total. The van der Waals surface area contributed by atoms with Gasteiger partial charge in [0.25, 0.3) is 5.69 Å². The lowest BCUT2D eigenvalue weighted by molar-refractivity contribution is -0.385. The molecule has 94 valence electrons. The van der Waals surface area contributed by atoms with Crippen LogP contribution in [0.3, 0.4) is 0 Å². The van der Waals surface area contributed by atoms with Crippen LogP contribution in [0.2, 0.25) is 0 Å². The molecule has 0 amide bonds. The Morgan fingerprint density at radius 1 is 1.41 bits per heavy atom. The second kappa shape index (κ2) is 5.60. The Morgan fingerprint density at radius 3 is 2.53 bits per heavy atom. The summed E-state index contributed by atoms with van der Waals surface area (Å²) in [6.45, 7) is 3.12. The zero-order valence-corrected chi connectivity index (χ0v) is 9.66. The number of ether oxygens (including phenoxy) is 1. The molecule has 1 aromatic rings. The molecule has 1 unspecified atom stereocenters. The summed E-state index contributed by atoms with van der Waals surface area (Å²) < 4.78 is 5.26. The third-order valence-electron chi connectivity index (χ3n) is 2.13. The number of nitro benzene ring substituents is 1. The van der Waals surface area contributed by atoms with E-state index in [9.17, 15) is 15.2 Å². The maximum absolute atomic E-state index is 10.6. The molecule has 0 bridgehead atoms. The molecule has 0 aliphatic heterocycles. The standard InChI is InChI=1S/C11H15NO5/c1-7(13)6-17-11-4-3-9(12(15)16)5-10(11)8(2)14/h3-5,7-8,13-14H,6H2,1-2H3/t7?,8-/m0/s1. The maximum Gasteiger partial charge on any atom is 0.270 e. The number of non-ortho nitro benzene ring substituents is 1. The molecule has 1 aromatic carbocycles. The largest absolute Gasteiger partial charge is 0.491 e. The van der Waals surface area contributed by atoms with E-state index in [1.807, 2.05) is 0 Å². The first kappa shape index (κ1) is 13.4. The highest BCUT2D eigenvalue weighted by Gasteiger charge is 2.15. The molecule has 6 nitrogen and oxygen atoms in total. The molecular weight excluding hydrogens is 226 g/mol. The maximum atomic E-state index is 10.6. The summed E-state index contributed by atoms with van der Waals surface area (Å²) >= 11 is 0. The molecule has 1 rings (SSSR count). The lowest BCUT2D eigenvalue weighted by Crippen LogP contribution is -2.14. The van der Waals surface area contributed by atoms with E-state index in [0.29, 0.717) is 11.3 Å². The van der Waals surface area contributed by atoms with Crippen LogP contribution in [0.15, 0.2) is 18.2 Å². The number of rotatable bonds is 5. The van der Waals surface area contributed by atoms with Gasteiger partial charge < -0.3 is 14.9 Å². The summed E-state index contributed by atoms with van der Waals surface area (Å²) in [5, 5.41) is 29.2. The van der Waals surface area contributed by atoms with Crippen LogP contribution in [-0.2, 0) is 0 Å². The Hall–Kier alpha value is -1.66. The van der Waals surface area contributed by atoms with Gasteiger partial charge in [-0.1, -0.05) is 0 Å². The Kier molecular flexibility index (Phi) is 4.42. The molecular formula is C11H15NO5. The second-order valence-corrected chi connectivity index (χ2v) is 3.82. The normalized spacial score (nSPS) is 14.1. The van der Waals surface area contributed by atoms with Crippen molar-refractivity contribution in [2.45, 2.75) is 26.1 Å². The SMILES string of the molecule is CC(O)COc1ccc([N+](=O)[O-])cc1[C@H](C)O. The van der Waals surface area contributed by atoms with E-state index in [2.05, 4.69) is 0 Å². The van der Waals surface area contributed by atoms with Crippen molar-refractivity contribution in [3.63, 3.8) is 0 Å². The molecule has 6 heteroatoms. The van der Waals surface area contributed by atoms with Crippen LogP contribution in [0.4, 0.5) is 5.69 Å². The highest BCUT2D eigenvalue weighted by atomic mass is 16.6. The minimum atomic E-state index is -0.876. The summed E-state index contributed by atoms with van der Waals surface area (Å²) in [5.74, 6) is 0.339. The third-order valence-corrected chi connectivity index (χ3v) is 2.13. The fourth-order valence-corrected chi connectivity index (χ4v) is 1.32. The summed E-state index contributed by atoms with van der Waals surface area (Å²) in [7, 11) is 0. The average molecular weight is 241 g/mol. The van der Waals surface area contributed by atoms with Crippen LogP contribution >= 0.6 is 0 Å². The minimum Gasteiger partial charge on any atom is -0.491 e. The first-order valence-corrected chi connectivity index (χ1v) is 5.19. The highest BCUT2D eigenvalue weighted by molar-refractivity contribution is 5.44. The van der Waals surface area contributed by atoms with E-state index in [4.69, 9.17) is 9.84 Å². The van der Waals surface area contributed by atoms with E-state index >= 15 is 0 Å². The van der Waals surface area contributed by atoms with Gasteiger partial charge in [0.15, 0.2) is 0 Å². The topological polar surface area (TPSA) is 92.8 Å². The van der Waals surface area contributed by atoms with E-state index < -0.39 is 17.1 Å². The van der Waals surface area contributed by atoms with E-state index in [1.54, 1.807) is 6.92 Å². The van der Waals surface area contributed by atoms with Gasteiger partial charge in [-0.15, -0.1) is 0 Å². The quantitative estimate of drug-likeness (QED) is 0.600. The predicted molar refractivity (Wildman–Crippen MR) is 60.9 cm³/mol. The molecule has 0 radical (unpaired) electrons. The Morgan fingerprint density at radius 2 is 2.06 bits per heavy atom. The van der Waals surface area contributed by atoms with Crippen molar-refractivity contribution in [3.05, 3.63) is 33.9 Å². The van der Waals surface area contributed by atoms with Crippen LogP contribution in [0.25, 0.3) is 0 Å². The summed E-state index contributed by atoms with van der Waals surface area (Å²) in [4.78, 5) is 10.1. The summed E-state index contributed by atoms with van der Waals surface area (Å²) in [6, 6.07) is 3.98. The molecule has 0 saturated heterocycles. The highest BCUT2D eigenvalue weighted by Crippen LogP contribution is 2.29. The molecule has 0 heterocycles. The van der Waals surface area contributed by atoms with Crippen molar-refractivity contribution in [2.24, 2.45) is 0 Å².